The van der Waals surface area contributed by atoms with Crippen molar-refractivity contribution in [1.29, 1.82) is 5.26 Å². The molecule has 1 aromatic rings. The molecule has 19 heavy (non-hydrogen) atoms. The molecule has 0 saturated heterocycles. The van der Waals surface area contributed by atoms with Crippen molar-refractivity contribution in [3.05, 3.63) is 29.8 Å². The zero-order chi connectivity index (χ0) is 13.7. The third-order valence-electron chi connectivity index (χ3n) is 3.64. The van der Waals surface area contributed by atoms with Gasteiger partial charge in [0.1, 0.15) is 5.75 Å². The molecule has 1 saturated carbocycles. The van der Waals surface area contributed by atoms with E-state index in [-0.39, 0.29) is 6.10 Å². The van der Waals surface area contributed by atoms with Crippen molar-refractivity contribution in [2.45, 2.75) is 51.2 Å². The lowest BCUT2D eigenvalue weighted by Crippen LogP contribution is -2.31. The van der Waals surface area contributed by atoms with Gasteiger partial charge in [0.05, 0.1) is 18.7 Å². The number of nitriles is 1. The molecule has 0 spiro atoms. The topological polar surface area (TPSA) is 45.0 Å². The summed E-state index contributed by atoms with van der Waals surface area (Å²) in [5.74, 6) is 1.46. The van der Waals surface area contributed by atoms with Crippen LogP contribution in [-0.2, 0) is 0 Å². The van der Waals surface area contributed by atoms with Crippen LogP contribution < -0.4 is 10.1 Å². The van der Waals surface area contributed by atoms with Gasteiger partial charge in [-0.15, -0.1) is 0 Å². The third-order valence-corrected chi connectivity index (χ3v) is 3.64. The van der Waals surface area contributed by atoms with E-state index in [1.165, 1.54) is 18.4 Å². The molecule has 0 heterocycles. The van der Waals surface area contributed by atoms with E-state index in [9.17, 15) is 0 Å². The van der Waals surface area contributed by atoms with Crippen LogP contribution in [-0.4, -0.2) is 18.7 Å². The number of rotatable bonds is 5. The van der Waals surface area contributed by atoms with E-state index in [4.69, 9.17) is 10.00 Å². The lowest BCUT2D eigenvalue weighted by atomic mass is 9.94. The Labute approximate surface area is 115 Å². The fraction of sp³-hybridized carbons (Fsp3) is 0.562. The van der Waals surface area contributed by atoms with Gasteiger partial charge in [0.15, 0.2) is 0 Å². The second kappa shape index (κ2) is 6.58. The monoisotopic (exact) mass is 258 g/mol. The summed E-state index contributed by atoms with van der Waals surface area (Å²) in [6, 6.07) is 11.0. The van der Waals surface area contributed by atoms with Crippen molar-refractivity contribution in [2.24, 2.45) is 0 Å². The van der Waals surface area contributed by atoms with Gasteiger partial charge in [0, 0.05) is 6.04 Å². The van der Waals surface area contributed by atoms with Gasteiger partial charge in [-0.3, -0.25) is 0 Å². The number of hydrogen-bond donors (Lipinski definition) is 1. The first-order valence-corrected chi connectivity index (χ1v) is 7.07. The molecule has 1 aliphatic rings. The highest BCUT2D eigenvalue weighted by molar-refractivity contribution is 5.31. The molecular formula is C16H22N2O. The first-order valence-electron chi connectivity index (χ1n) is 7.07. The van der Waals surface area contributed by atoms with Crippen LogP contribution in [0.4, 0.5) is 0 Å². The predicted octanol–water partition coefficient (Wildman–Crippen LogP) is 3.22. The van der Waals surface area contributed by atoms with E-state index in [1.807, 2.05) is 13.8 Å². The molecule has 102 valence electrons. The van der Waals surface area contributed by atoms with Gasteiger partial charge >= 0.3 is 0 Å². The van der Waals surface area contributed by atoms with E-state index in [1.54, 1.807) is 0 Å². The average Bonchev–Trinajstić information content (AvgIpc) is 2.85. The molecular weight excluding hydrogens is 236 g/mol. The zero-order valence-electron chi connectivity index (χ0n) is 11.7. The summed E-state index contributed by atoms with van der Waals surface area (Å²) >= 11 is 0. The minimum atomic E-state index is 0.211. The van der Waals surface area contributed by atoms with Crippen molar-refractivity contribution >= 4 is 0 Å². The Kier molecular flexibility index (Phi) is 4.81. The highest BCUT2D eigenvalue weighted by atomic mass is 16.5. The van der Waals surface area contributed by atoms with Crippen molar-refractivity contribution < 1.29 is 4.74 Å². The predicted molar refractivity (Wildman–Crippen MR) is 76.2 cm³/mol. The fourth-order valence-corrected chi connectivity index (χ4v) is 2.85. The highest BCUT2D eigenvalue weighted by Gasteiger charge is 2.27. The maximum absolute atomic E-state index is 8.67. The van der Waals surface area contributed by atoms with Crippen molar-refractivity contribution in [2.75, 3.05) is 6.54 Å². The Morgan fingerprint density at radius 1 is 1.32 bits per heavy atom. The highest BCUT2D eigenvalue weighted by Crippen LogP contribution is 2.35. The van der Waals surface area contributed by atoms with Gasteiger partial charge in [-0.1, -0.05) is 18.6 Å². The van der Waals surface area contributed by atoms with Crippen LogP contribution in [0.15, 0.2) is 24.3 Å². The fourth-order valence-electron chi connectivity index (χ4n) is 2.85. The summed E-state index contributed by atoms with van der Waals surface area (Å²) in [5, 5.41) is 12.0. The Balaban J connectivity index is 2.02. The second-order valence-electron chi connectivity index (χ2n) is 5.42. The van der Waals surface area contributed by atoms with Crippen LogP contribution in [0.25, 0.3) is 0 Å². The second-order valence-corrected chi connectivity index (χ2v) is 5.42. The van der Waals surface area contributed by atoms with Crippen LogP contribution in [0.2, 0.25) is 0 Å². The molecule has 3 nitrogen and oxygen atoms in total. The summed E-state index contributed by atoms with van der Waals surface area (Å²) in [5.41, 5.74) is 1.35. The molecule has 2 rings (SSSR count). The van der Waals surface area contributed by atoms with Gasteiger partial charge in [-0.2, -0.15) is 5.26 Å². The zero-order valence-corrected chi connectivity index (χ0v) is 11.7. The van der Waals surface area contributed by atoms with Gasteiger partial charge in [-0.25, -0.2) is 0 Å². The van der Waals surface area contributed by atoms with E-state index in [0.717, 1.165) is 12.2 Å². The molecule has 1 fully saturated rings. The number of nitrogens with zero attached hydrogens (tertiary/aromatic N) is 1. The first-order chi connectivity index (χ1) is 9.20. The molecule has 1 N–H and O–H groups in total. The maximum Gasteiger partial charge on any atom is 0.119 e. The molecule has 0 bridgehead atoms. The Morgan fingerprint density at radius 2 is 2.05 bits per heavy atom. The summed E-state index contributed by atoms with van der Waals surface area (Å²) < 4.78 is 5.66. The van der Waals surface area contributed by atoms with Crippen molar-refractivity contribution in [3.8, 4) is 11.8 Å². The number of benzene rings is 1. The number of ether oxygens (including phenoxy) is 1. The molecule has 1 aromatic carbocycles. The van der Waals surface area contributed by atoms with Crippen molar-refractivity contribution in [3.63, 3.8) is 0 Å². The Hall–Kier alpha value is -1.53. The molecule has 0 aliphatic heterocycles. The van der Waals surface area contributed by atoms with Crippen LogP contribution >= 0.6 is 0 Å². The molecule has 0 amide bonds. The van der Waals surface area contributed by atoms with Crippen LogP contribution in [0, 0.1) is 11.3 Å². The van der Waals surface area contributed by atoms with E-state index in [0.29, 0.717) is 18.5 Å². The summed E-state index contributed by atoms with van der Waals surface area (Å²) in [6.45, 7) is 4.51. The largest absolute Gasteiger partial charge is 0.491 e. The summed E-state index contributed by atoms with van der Waals surface area (Å²) in [7, 11) is 0. The number of hydrogen-bond acceptors (Lipinski definition) is 3. The van der Waals surface area contributed by atoms with Crippen LogP contribution in [0.3, 0.4) is 0 Å². The normalized spacial score (nSPS) is 22.4. The third kappa shape index (κ3) is 3.71. The quantitative estimate of drug-likeness (QED) is 0.825. The lowest BCUT2D eigenvalue weighted by molar-refractivity contribution is 0.242. The molecule has 0 unspecified atom stereocenters. The molecule has 3 heteroatoms. The molecule has 1 aliphatic carbocycles. The SMILES string of the molecule is CC(C)Oc1ccc([C@@H]2CCC[C@@H]2NCC#N)cc1. The Bertz CT molecular complexity index is 433. The molecule has 0 aromatic heterocycles. The molecule has 0 radical (unpaired) electrons. The average molecular weight is 258 g/mol. The van der Waals surface area contributed by atoms with E-state index in [2.05, 4.69) is 35.7 Å². The lowest BCUT2D eigenvalue weighted by Gasteiger charge is -2.20. The van der Waals surface area contributed by atoms with Crippen molar-refractivity contribution in [1.82, 2.24) is 5.32 Å². The van der Waals surface area contributed by atoms with Gasteiger partial charge in [0.2, 0.25) is 0 Å². The maximum atomic E-state index is 8.67. The van der Waals surface area contributed by atoms with E-state index >= 15 is 0 Å². The summed E-state index contributed by atoms with van der Waals surface area (Å²) in [4.78, 5) is 0. The Morgan fingerprint density at radius 3 is 2.68 bits per heavy atom. The minimum Gasteiger partial charge on any atom is -0.491 e. The smallest absolute Gasteiger partial charge is 0.119 e. The molecule has 2 atom stereocenters. The van der Waals surface area contributed by atoms with E-state index < -0.39 is 0 Å². The minimum absolute atomic E-state index is 0.211. The van der Waals surface area contributed by atoms with Gasteiger partial charge in [0.25, 0.3) is 0 Å². The first kappa shape index (κ1) is 13.9. The summed E-state index contributed by atoms with van der Waals surface area (Å²) in [6.07, 6.45) is 3.81. The standard InChI is InChI=1S/C16H22N2O/c1-12(2)19-14-8-6-13(7-9-14)15-4-3-5-16(15)18-11-10-17/h6-9,12,15-16,18H,3-5,11H2,1-2H3/t15-,16-/m0/s1. The van der Waals surface area contributed by atoms with Crippen LogP contribution in [0.5, 0.6) is 5.75 Å². The van der Waals surface area contributed by atoms with Gasteiger partial charge in [-0.05, 0) is 50.3 Å². The van der Waals surface area contributed by atoms with Crippen LogP contribution in [0.1, 0.15) is 44.6 Å². The van der Waals surface area contributed by atoms with Gasteiger partial charge < -0.3 is 10.1 Å². The number of nitrogens with one attached hydrogen (secondary N) is 1.